The number of carboxylic acid groups (broad SMARTS) is 2. The highest BCUT2D eigenvalue weighted by Crippen LogP contribution is 2.50. The monoisotopic (exact) mass is 501 g/mol. The van der Waals surface area contributed by atoms with Gasteiger partial charge in [-0.25, -0.2) is 9.59 Å². The summed E-state index contributed by atoms with van der Waals surface area (Å²) in [7, 11) is 0. The van der Waals surface area contributed by atoms with E-state index < -0.39 is 17.9 Å². The Kier molecular flexibility index (Phi) is 7.39. The van der Waals surface area contributed by atoms with Gasteiger partial charge in [-0.3, -0.25) is 4.99 Å². The summed E-state index contributed by atoms with van der Waals surface area (Å²) in [5.74, 6) is -1.90. The van der Waals surface area contributed by atoms with Gasteiger partial charge in [-0.1, -0.05) is 39.3 Å². The van der Waals surface area contributed by atoms with E-state index in [4.69, 9.17) is 4.74 Å². The highest BCUT2D eigenvalue weighted by molar-refractivity contribution is 6.09. The van der Waals surface area contributed by atoms with Gasteiger partial charge in [-0.05, 0) is 79.1 Å². The molecule has 0 saturated carbocycles. The lowest BCUT2D eigenvalue weighted by atomic mass is 9.71. The topological polar surface area (TPSA) is 96.2 Å². The van der Waals surface area contributed by atoms with Gasteiger partial charge in [0, 0.05) is 30.0 Å². The van der Waals surface area contributed by atoms with E-state index in [1.54, 1.807) is 12.1 Å². The first-order valence-electron chi connectivity index (χ1n) is 13.0. The Bertz CT molecular complexity index is 1330. The number of ether oxygens (including phenoxy) is 1. The molecule has 1 aliphatic carbocycles. The van der Waals surface area contributed by atoms with Gasteiger partial charge >= 0.3 is 11.9 Å². The van der Waals surface area contributed by atoms with Gasteiger partial charge in [0.1, 0.15) is 11.5 Å². The summed E-state index contributed by atoms with van der Waals surface area (Å²) in [5, 5.41) is 20.6. The van der Waals surface area contributed by atoms with Crippen LogP contribution in [0.15, 0.2) is 52.7 Å². The van der Waals surface area contributed by atoms with E-state index in [1.165, 1.54) is 0 Å². The van der Waals surface area contributed by atoms with Crippen LogP contribution in [0.4, 0.5) is 0 Å². The highest BCUT2D eigenvalue weighted by Gasteiger charge is 2.41. The lowest BCUT2D eigenvalue weighted by molar-refractivity contribution is 0.0693. The molecule has 0 amide bonds. The minimum atomic E-state index is -1.14. The van der Waals surface area contributed by atoms with Crippen molar-refractivity contribution in [2.24, 2.45) is 10.9 Å². The number of carbonyl (C=O) groups is 2. The van der Waals surface area contributed by atoms with Crippen molar-refractivity contribution in [2.75, 3.05) is 6.54 Å². The molecule has 0 fully saturated rings. The first-order chi connectivity index (χ1) is 17.6. The van der Waals surface area contributed by atoms with Gasteiger partial charge in [-0.15, -0.1) is 0 Å². The number of aryl methyl sites for hydroxylation is 2. The van der Waals surface area contributed by atoms with Crippen LogP contribution in [0, 0.1) is 12.8 Å². The first kappa shape index (κ1) is 26.4. The molecule has 1 aliphatic heterocycles. The molecular weight excluding hydrogens is 466 g/mol. The third-order valence-electron chi connectivity index (χ3n) is 7.32. The highest BCUT2D eigenvalue weighted by atomic mass is 16.5. The summed E-state index contributed by atoms with van der Waals surface area (Å²) in [6.45, 7) is 12.6. The molecule has 0 aromatic heterocycles. The van der Waals surface area contributed by atoms with Crippen LogP contribution >= 0.6 is 0 Å². The number of nitrogens with zero attached hydrogens (tertiary/aromatic N) is 1. The zero-order valence-electron chi connectivity index (χ0n) is 22.4. The molecule has 2 unspecified atom stereocenters. The zero-order chi connectivity index (χ0) is 27.0. The molecule has 2 aliphatic rings. The normalized spacial score (nSPS) is 19.6. The molecule has 2 aromatic rings. The molecule has 4 rings (SSSR count). The van der Waals surface area contributed by atoms with E-state index in [0.717, 1.165) is 40.8 Å². The van der Waals surface area contributed by atoms with Gasteiger partial charge in [-0.2, -0.15) is 0 Å². The minimum absolute atomic E-state index is 0.0221. The van der Waals surface area contributed by atoms with Crippen molar-refractivity contribution in [1.82, 2.24) is 0 Å². The lowest BCUT2D eigenvalue weighted by Gasteiger charge is -2.38. The molecule has 6 nitrogen and oxygen atoms in total. The van der Waals surface area contributed by atoms with Crippen molar-refractivity contribution in [3.05, 3.63) is 86.7 Å². The molecular formula is C31H35NO5. The van der Waals surface area contributed by atoms with Crippen molar-refractivity contribution in [3.63, 3.8) is 0 Å². The smallest absolute Gasteiger partial charge is 0.336 e. The summed E-state index contributed by atoms with van der Waals surface area (Å²) < 4.78 is 6.46. The molecule has 6 heteroatoms. The third kappa shape index (κ3) is 4.85. The molecule has 37 heavy (non-hydrogen) atoms. The molecule has 0 saturated heterocycles. The number of rotatable bonds is 7. The molecule has 2 N–H and O–H groups in total. The van der Waals surface area contributed by atoms with E-state index >= 15 is 0 Å². The maximum Gasteiger partial charge on any atom is 0.336 e. The SMILES string of the molecule is CCCc1cc2c(cc1C)C(c1c(C(=O)O)cc(C(C)C)cc1C(=O)O)C1C=C(C)C(=NCC)C=C1O2. The van der Waals surface area contributed by atoms with E-state index in [-0.39, 0.29) is 23.0 Å². The lowest BCUT2D eigenvalue weighted by Crippen LogP contribution is -2.30. The zero-order valence-corrected chi connectivity index (χ0v) is 22.4. The van der Waals surface area contributed by atoms with Gasteiger partial charge in [0.15, 0.2) is 0 Å². The minimum Gasteiger partial charge on any atom is -0.478 e. The van der Waals surface area contributed by atoms with Crippen LogP contribution in [0.2, 0.25) is 0 Å². The number of fused-ring (bicyclic) bond motifs is 2. The molecule has 1 heterocycles. The van der Waals surface area contributed by atoms with Crippen LogP contribution in [-0.4, -0.2) is 34.4 Å². The largest absolute Gasteiger partial charge is 0.478 e. The third-order valence-corrected chi connectivity index (χ3v) is 7.32. The van der Waals surface area contributed by atoms with Gasteiger partial charge in [0.2, 0.25) is 0 Å². The average molecular weight is 502 g/mol. The second-order valence-corrected chi connectivity index (χ2v) is 10.2. The Balaban J connectivity index is 2.09. The summed E-state index contributed by atoms with van der Waals surface area (Å²) in [6, 6.07) is 7.35. The summed E-state index contributed by atoms with van der Waals surface area (Å²) in [5.41, 5.74) is 5.88. The van der Waals surface area contributed by atoms with E-state index in [0.29, 0.717) is 29.2 Å². The van der Waals surface area contributed by atoms with Crippen LogP contribution in [0.5, 0.6) is 5.75 Å². The number of aliphatic imine (C=N–C) groups is 1. The number of benzene rings is 2. The number of allylic oxidation sites excluding steroid dienone is 3. The number of aromatic carboxylic acids is 2. The summed E-state index contributed by atoms with van der Waals surface area (Å²) >= 11 is 0. The van der Waals surface area contributed by atoms with Crippen molar-refractivity contribution in [1.29, 1.82) is 0 Å². The Morgan fingerprint density at radius 1 is 1.03 bits per heavy atom. The van der Waals surface area contributed by atoms with Crippen molar-refractivity contribution >= 4 is 17.7 Å². The maximum absolute atomic E-state index is 12.6. The van der Waals surface area contributed by atoms with Crippen molar-refractivity contribution < 1.29 is 24.5 Å². The van der Waals surface area contributed by atoms with Gasteiger partial charge in [0.05, 0.1) is 16.8 Å². The van der Waals surface area contributed by atoms with Gasteiger partial charge in [0.25, 0.3) is 0 Å². The van der Waals surface area contributed by atoms with Gasteiger partial charge < -0.3 is 14.9 Å². The second-order valence-electron chi connectivity index (χ2n) is 10.2. The fraction of sp³-hybridized carbons (Fsp3) is 0.387. The fourth-order valence-electron chi connectivity index (χ4n) is 5.46. The van der Waals surface area contributed by atoms with Crippen molar-refractivity contribution in [3.8, 4) is 5.75 Å². The van der Waals surface area contributed by atoms with Crippen molar-refractivity contribution in [2.45, 2.75) is 66.2 Å². The molecule has 2 aromatic carbocycles. The fourth-order valence-corrected chi connectivity index (χ4v) is 5.46. The second kappa shape index (κ2) is 10.4. The quantitative estimate of drug-likeness (QED) is 0.430. The Morgan fingerprint density at radius 3 is 2.22 bits per heavy atom. The average Bonchev–Trinajstić information content (AvgIpc) is 2.83. The molecule has 2 atom stereocenters. The number of hydrogen-bond acceptors (Lipinski definition) is 4. The Morgan fingerprint density at radius 2 is 1.68 bits per heavy atom. The predicted octanol–water partition coefficient (Wildman–Crippen LogP) is 6.91. The van der Waals surface area contributed by atoms with E-state index in [2.05, 4.69) is 11.9 Å². The molecule has 0 radical (unpaired) electrons. The Hall–Kier alpha value is -3.67. The predicted molar refractivity (Wildman–Crippen MR) is 145 cm³/mol. The van der Waals surface area contributed by atoms with Crippen LogP contribution < -0.4 is 4.74 Å². The van der Waals surface area contributed by atoms with E-state index in [1.807, 2.05) is 58.9 Å². The summed E-state index contributed by atoms with van der Waals surface area (Å²) in [6.07, 6.45) is 5.83. The Labute approximate surface area is 218 Å². The standard InChI is InChI=1S/C31H35NO5/c1-7-9-19-14-26-21(10-17(19)5)28(22-11-18(6)25(32-8-2)15-27(22)37-26)29-23(30(33)34)12-20(16(3)4)13-24(29)31(35)36/h10-16,22,28H,7-9H2,1-6H3,(H,33,34)(H,35,36). The number of carboxylic acids is 2. The van der Waals surface area contributed by atoms with E-state index in [9.17, 15) is 19.8 Å². The van der Waals surface area contributed by atoms with Crippen LogP contribution in [0.3, 0.4) is 0 Å². The van der Waals surface area contributed by atoms with Crippen LogP contribution in [0.25, 0.3) is 0 Å². The van der Waals surface area contributed by atoms with Crippen LogP contribution in [-0.2, 0) is 6.42 Å². The van der Waals surface area contributed by atoms with Crippen LogP contribution in [0.1, 0.15) is 101 Å². The molecule has 194 valence electrons. The molecule has 0 bridgehead atoms. The molecule has 0 spiro atoms. The number of hydrogen-bond donors (Lipinski definition) is 2. The first-order valence-corrected chi connectivity index (χ1v) is 13.0. The summed E-state index contributed by atoms with van der Waals surface area (Å²) in [4.78, 5) is 29.8. The maximum atomic E-state index is 12.6.